The van der Waals surface area contributed by atoms with Crippen molar-refractivity contribution in [3.63, 3.8) is 0 Å². The van der Waals surface area contributed by atoms with Crippen LogP contribution in [0.1, 0.15) is 25.7 Å². The number of nitrogens with one attached hydrogen (secondary N) is 1. The Morgan fingerprint density at radius 1 is 1.37 bits per heavy atom. The van der Waals surface area contributed by atoms with E-state index >= 15 is 0 Å². The summed E-state index contributed by atoms with van der Waals surface area (Å²) in [5.41, 5.74) is 0.822. The van der Waals surface area contributed by atoms with Gasteiger partial charge in [-0.15, -0.1) is 0 Å². The lowest BCUT2D eigenvalue weighted by Gasteiger charge is -2.42. The van der Waals surface area contributed by atoms with Crippen molar-refractivity contribution in [3.8, 4) is 0 Å². The van der Waals surface area contributed by atoms with E-state index in [1.807, 2.05) is 19.3 Å². The third-order valence-corrected chi connectivity index (χ3v) is 7.95. The summed E-state index contributed by atoms with van der Waals surface area (Å²) < 4.78 is 32.5. The van der Waals surface area contributed by atoms with Gasteiger partial charge < -0.3 is 14.6 Å². The van der Waals surface area contributed by atoms with Crippen LogP contribution >= 0.6 is 0 Å². The van der Waals surface area contributed by atoms with E-state index in [9.17, 15) is 8.42 Å². The number of rotatable bonds is 6. The lowest BCUT2D eigenvalue weighted by molar-refractivity contribution is 0.0569. The molecular weight excluding hydrogens is 366 g/mol. The highest BCUT2D eigenvalue weighted by molar-refractivity contribution is 7.89. The zero-order valence-corrected chi connectivity index (χ0v) is 16.7. The number of sulfonamides is 1. The van der Waals surface area contributed by atoms with Crippen LogP contribution in [0.4, 0.5) is 5.82 Å². The van der Waals surface area contributed by atoms with E-state index in [1.54, 1.807) is 17.7 Å². The molecule has 148 valence electrons. The zero-order chi connectivity index (χ0) is 19.0. The molecule has 27 heavy (non-hydrogen) atoms. The van der Waals surface area contributed by atoms with Crippen LogP contribution in [0.3, 0.4) is 0 Å². The molecule has 0 aromatic carbocycles. The molecule has 4 rings (SSSR count). The predicted octanol–water partition coefficient (Wildman–Crippen LogP) is 1.61. The molecule has 1 aliphatic carbocycles. The van der Waals surface area contributed by atoms with E-state index < -0.39 is 10.0 Å². The van der Waals surface area contributed by atoms with Gasteiger partial charge in [0.05, 0.1) is 17.2 Å². The van der Waals surface area contributed by atoms with Gasteiger partial charge in [0.15, 0.2) is 0 Å². The maximum Gasteiger partial charge on any atom is 0.214 e. The van der Waals surface area contributed by atoms with E-state index in [0.717, 1.165) is 42.5 Å². The molecule has 0 unspecified atom stereocenters. The fraction of sp³-hybridized carbons (Fsp3) is 0.667. The van der Waals surface area contributed by atoms with E-state index in [-0.39, 0.29) is 17.8 Å². The fourth-order valence-electron chi connectivity index (χ4n) is 4.22. The van der Waals surface area contributed by atoms with Crippen LogP contribution in [0.15, 0.2) is 18.6 Å². The lowest BCUT2D eigenvalue weighted by Crippen LogP contribution is -2.49. The van der Waals surface area contributed by atoms with Gasteiger partial charge in [-0.05, 0) is 37.7 Å². The van der Waals surface area contributed by atoms with Crippen molar-refractivity contribution in [2.75, 3.05) is 37.9 Å². The van der Waals surface area contributed by atoms with Crippen LogP contribution in [-0.2, 0) is 14.8 Å². The van der Waals surface area contributed by atoms with E-state index in [4.69, 9.17) is 4.74 Å². The number of fused-ring (bicyclic) bond motifs is 1. The van der Waals surface area contributed by atoms with Crippen molar-refractivity contribution in [3.05, 3.63) is 18.6 Å². The van der Waals surface area contributed by atoms with E-state index in [2.05, 4.69) is 19.9 Å². The summed E-state index contributed by atoms with van der Waals surface area (Å²) in [7, 11) is 0.459. The second-order valence-corrected chi connectivity index (χ2v) is 9.69. The quantitative estimate of drug-likeness (QED) is 0.802. The Morgan fingerprint density at radius 2 is 2.19 bits per heavy atom. The molecule has 1 atom stereocenters. The van der Waals surface area contributed by atoms with Crippen molar-refractivity contribution in [2.45, 2.75) is 37.8 Å². The smallest absolute Gasteiger partial charge is 0.214 e. The number of methoxy groups -OCH3 is 1. The molecule has 0 amide bonds. The largest absolute Gasteiger partial charge is 0.380 e. The zero-order valence-electron chi connectivity index (χ0n) is 15.8. The Labute approximate surface area is 160 Å². The summed E-state index contributed by atoms with van der Waals surface area (Å²) in [6.07, 6.45) is 6.99. The molecule has 1 saturated heterocycles. The van der Waals surface area contributed by atoms with Gasteiger partial charge >= 0.3 is 0 Å². The van der Waals surface area contributed by atoms with Gasteiger partial charge in [0.2, 0.25) is 10.0 Å². The molecule has 8 nitrogen and oxygen atoms in total. The number of hydrogen-bond acceptors (Lipinski definition) is 6. The Hall–Kier alpha value is -1.71. The molecule has 1 saturated carbocycles. The van der Waals surface area contributed by atoms with Crippen molar-refractivity contribution in [2.24, 2.45) is 5.92 Å². The molecule has 1 aliphatic heterocycles. The van der Waals surface area contributed by atoms with E-state index in [1.165, 1.54) is 0 Å². The first kappa shape index (κ1) is 18.6. The first-order valence-corrected chi connectivity index (χ1v) is 11.1. The van der Waals surface area contributed by atoms with Crippen LogP contribution < -0.4 is 4.90 Å². The molecular formula is C18H27N5O3S. The van der Waals surface area contributed by atoms with Gasteiger partial charge in [-0.3, -0.25) is 0 Å². The van der Waals surface area contributed by atoms with Crippen molar-refractivity contribution >= 4 is 26.9 Å². The second kappa shape index (κ2) is 7.37. The number of ether oxygens (including phenoxy) is 1. The Bertz CT molecular complexity index is 893. The third-order valence-electron chi connectivity index (χ3n) is 5.94. The lowest BCUT2D eigenvalue weighted by atomic mass is 9.81. The van der Waals surface area contributed by atoms with E-state index in [0.29, 0.717) is 19.1 Å². The number of nitrogens with zero attached hydrogens (tertiary/aromatic N) is 4. The fourth-order valence-corrected chi connectivity index (χ4v) is 6.10. The second-order valence-electron chi connectivity index (χ2n) is 7.68. The molecule has 0 radical (unpaired) electrons. The van der Waals surface area contributed by atoms with Crippen LogP contribution in [-0.4, -0.2) is 72.8 Å². The minimum atomic E-state index is -3.22. The highest BCUT2D eigenvalue weighted by Gasteiger charge is 2.38. The maximum atomic E-state index is 12.8. The van der Waals surface area contributed by atoms with Gasteiger partial charge in [-0.25, -0.2) is 18.4 Å². The SMILES string of the molecule is CO[C@@H]1CCCN(S(=O)(=O)C[C@H]2C[C@@H](N(C)c3ncnc4[nH]ccc34)C2)C1. The first-order valence-electron chi connectivity index (χ1n) is 9.49. The minimum absolute atomic E-state index is 0.0234. The summed E-state index contributed by atoms with van der Waals surface area (Å²) in [5.74, 6) is 1.33. The topological polar surface area (TPSA) is 91.4 Å². The highest BCUT2D eigenvalue weighted by Crippen LogP contribution is 2.36. The molecule has 3 heterocycles. The van der Waals surface area contributed by atoms with Gasteiger partial charge in [0.25, 0.3) is 0 Å². The maximum absolute atomic E-state index is 12.8. The number of piperidine rings is 1. The normalized spacial score (nSPS) is 26.8. The standard InChI is InChI=1S/C18H27N5O3S/c1-22(18-16-5-6-19-17(16)20-12-21-18)14-8-13(9-14)11-27(24,25)23-7-3-4-15(10-23)26-2/h5-6,12-15H,3-4,7-11H2,1-2H3,(H,19,20,21)/t13-,14+,15-/m1/s1. The summed E-state index contributed by atoms with van der Waals surface area (Å²) in [6.45, 7) is 1.10. The van der Waals surface area contributed by atoms with Crippen LogP contribution in [0.2, 0.25) is 0 Å². The van der Waals surface area contributed by atoms with Gasteiger partial charge in [0.1, 0.15) is 17.8 Å². The molecule has 0 bridgehead atoms. The van der Waals surface area contributed by atoms with Crippen LogP contribution in [0.5, 0.6) is 0 Å². The van der Waals surface area contributed by atoms with Crippen molar-refractivity contribution < 1.29 is 13.2 Å². The van der Waals surface area contributed by atoms with Crippen molar-refractivity contribution in [1.29, 1.82) is 0 Å². The monoisotopic (exact) mass is 393 g/mol. The summed E-state index contributed by atoms with van der Waals surface area (Å²) in [4.78, 5) is 13.9. The molecule has 9 heteroatoms. The first-order chi connectivity index (χ1) is 13.0. The van der Waals surface area contributed by atoms with Crippen LogP contribution in [0.25, 0.3) is 11.0 Å². The third kappa shape index (κ3) is 3.68. The summed E-state index contributed by atoms with van der Waals surface area (Å²) in [6, 6.07) is 2.29. The predicted molar refractivity (Wildman–Crippen MR) is 104 cm³/mol. The average Bonchev–Trinajstić information content (AvgIpc) is 3.12. The number of hydrogen-bond donors (Lipinski definition) is 1. The van der Waals surface area contributed by atoms with Crippen molar-refractivity contribution in [1.82, 2.24) is 19.3 Å². The van der Waals surface area contributed by atoms with Gasteiger partial charge in [0, 0.05) is 39.5 Å². The number of anilines is 1. The Balaban J connectivity index is 1.36. The number of aromatic nitrogens is 3. The molecule has 2 aromatic rings. The summed E-state index contributed by atoms with van der Waals surface area (Å²) in [5, 5.41) is 0.995. The molecule has 2 aliphatic rings. The number of aromatic amines is 1. The number of H-pyrrole nitrogens is 1. The van der Waals surface area contributed by atoms with Crippen LogP contribution in [0, 0.1) is 5.92 Å². The van der Waals surface area contributed by atoms with Gasteiger partial charge in [-0.2, -0.15) is 4.31 Å². The average molecular weight is 394 g/mol. The molecule has 2 aromatic heterocycles. The summed E-state index contributed by atoms with van der Waals surface area (Å²) >= 11 is 0. The molecule has 1 N–H and O–H groups in total. The molecule has 0 spiro atoms. The van der Waals surface area contributed by atoms with Gasteiger partial charge in [-0.1, -0.05) is 0 Å². The Morgan fingerprint density at radius 3 is 2.96 bits per heavy atom. The highest BCUT2D eigenvalue weighted by atomic mass is 32.2. The minimum Gasteiger partial charge on any atom is -0.380 e. The Kier molecular flexibility index (Phi) is 5.09. The molecule has 2 fully saturated rings.